The van der Waals surface area contributed by atoms with Crippen LogP contribution in [0, 0.1) is 17.8 Å². The van der Waals surface area contributed by atoms with Gasteiger partial charge in [-0.05, 0) is 49.7 Å². The number of allylic oxidation sites excluding steroid dienone is 1. The van der Waals surface area contributed by atoms with Gasteiger partial charge < -0.3 is 9.84 Å². The van der Waals surface area contributed by atoms with Gasteiger partial charge in [-0.15, -0.1) is 0 Å². The van der Waals surface area contributed by atoms with Gasteiger partial charge in [-0.1, -0.05) is 43.9 Å². The van der Waals surface area contributed by atoms with Crippen molar-refractivity contribution in [2.75, 3.05) is 6.61 Å². The third-order valence-electron chi connectivity index (χ3n) is 4.41. The lowest BCUT2D eigenvalue weighted by atomic mass is 9.96. The number of pyridine rings is 1. The molecule has 26 heavy (non-hydrogen) atoms. The lowest BCUT2D eigenvalue weighted by molar-refractivity contribution is -0.149. The standard InChI is InChI=1S/C22H29NO3/c1-2-3-4-5-6-7-11-21(24)14-13-19-9-8-10-20(23-19)16-18-12-15-22(25)26-17-18/h6-10,18,21,24H,2-5,11-12,15-17H2,1H3. The largest absolute Gasteiger partial charge is 0.465 e. The van der Waals surface area contributed by atoms with E-state index in [-0.39, 0.29) is 5.97 Å². The minimum atomic E-state index is -0.666. The summed E-state index contributed by atoms with van der Waals surface area (Å²) in [7, 11) is 0. The van der Waals surface area contributed by atoms with Gasteiger partial charge in [0.25, 0.3) is 0 Å². The number of aromatic nitrogens is 1. The van der Waals surface area contributed by atoms with Gasteiger partial charge in [0.1, 0.15) is 11.8 Å². The third-order valence-corrected chi connectivity index (χ3v) is 4.41. The summed E-state index contributed by atoms with van der Waals surface area (Å²) in [4.78, 5) is 15.7. The molecule has 2 unspecified atom stereocenters. The summed E-state index contributed by atoms with van der Waals surface area (Å²) >= 11 is 0. The smallest absolute Gasteiger partial charge is 0.305 e. The third kappa shape index (κ3) is 7.84. The van der Waals surface area contributed by atoms with Crippen LogP contribution in [-0.4, -0.2) is 28.8 Å². The van der Waals surface area contributed by atoms with Crippen LogP contribution < -0.4 is 0 Å². The summed E-state index contributed by atoms with van der Waals surface area (Å²) in [5, 5.41) is 9.97. The van der Waals surface area contributed by atoms with Gasteiger partial charge in [-0.2, -0.15) is 0 Å². The van der Waals surface area contributed by atoms with Crippen molar-refractivity contribution >= 4 is 5.97 Å². The molecule has 1 aromatic rings. The van der Waals surface area contributed by atoms with Crippen LogP contribution in [0.1, 0.15) is 63.3 Å². The second-order valence-corrected chi connectivity index (χ2v) is 6.79. The van der Waals surface area contributed by atoms with E-state index in [4.69, 9.17) is 4.74 Å². The van der Waals surface area contributed by atoms with Crippen molar-refractivity contribution in [2.24, 2.45) is 5.92 Å². The summed E-state index contributed by atoms with van der Waals surface area (Å²) in [6.45, 7) is 2.66. The first-order chi connectivity index (χ1) is 12.7. The lowest BCUT2D eigenvalue weighted by Crippen LogP contribution is -2.23. The highest BCUT2D eigenvalue weighted by Gasteiger charge is 2.20. The van der Waals surface area contributed by atoms with E-state index < -0.39 is 6.10 Å². The Kier molecular flexibility index (Phi) is 8.92. The van der Waals surface area contributed by atoms with Crippen molar-refractivity contribution < 1.29 is 14.6 Å². The van der Waals surface area contributed by atoms with Crippen molar-refractivity contribution in [2.45, 2.75) is 64.4 Å². The van der Waals surface area contributed by atoms with Crippen LogP contribution >= 0.6 is 0 Å². The average molecular weight is 355 g/mol. The fourth-order valence-corrected chi connectivity index (χ4v) is 2.88. The van der Waals surface area contributed by atoms with Gasteiger partial charge in [0, 0.05) is 18.5 Å². The molecule has 0 radical (unpaired) electrons. The van der Waals surface area contributed by atoms with E-state index in [1.54, 1.807) is 0 Å². The second kappa shape index (κ2) is 11.5. The highest BCUT2D eigenvalue weighted by Crippen LogP contribution is 2.18. The number of aliphatic hydroxyl groups is 1. The van der Waals surface area contributed by atoms with Gasteiger partial charge in [-0.25, -0.2) is 4.98 Å². The van der Waals surface area contributed by atoms with Crippen molar-refractivity contribution in [1.82, 2.24) is 4.98 Å². The topological polar surface area (TPSA) is 59.4 Å². The van der Waals surface area contributed by atoms with E-state index in [0.717, 1.165) is 25.0 Å². The lowest BCUT2D eigenvalue weighted by Gasteiger charge is -2.21. The molecule has 4 nitrogen and oxygen atoms in total. The molecule has 0 spiro atoms. The molecule has 0 saturated carbocycles. The van der Waals surface area contributed by atoms with Crippen LogP contribution in [0.3, 0.4) is 0 Å². The molecule has 1 fully saturated rings. The highest BCUT2D eigenvalue weighted by molar-refractivity contribution is 5.69. The number of hydrogen-bond donors (Lipinski definition) is 1. The van der Waals surface area contributed by atoms with Gasteiger partial charge >= 0.3 is 5.97 Å². The molecule has 2 heterocycles. The zero-order valence-corrected chi connectivity index (χ0v) is 15.6. The minimum absolute atomic E-state index is 0.109. The predicted molar refractivity (Wildman–Crippen MR) is 102 cm³/mol. The van der Waals surface area contributed by atoms with Crippen molar-refractivity contribution in [3.8, 4) is 11.8 Å². The van der Waals surface area contributed by atoms with Gasteiger partial charge in [0.15, 0.2) is 0 Å². The Bertz CT molecular complexity index is 647. The van der Waals surface area contributed by atoms with E-state index in [1.807, 2.05) is 24.3 Å². The molecule has 0 aromatic carbocycles. The van der Waals surface area contributed by atoms with E-state index in [2.05, 4.69) is 29.8 Å². The Morgan fingerprint density at radius 3 is 3.04 bits per heavy atom. The van der Waals surface area contributed by atoms with Crippen molar-refractivity contribution in [3.05, 3.63) is 41.7 Å². The average Bonchev–Trinajstić information content (AvgIpc) is 2.65. The summed E-state index contributed by atoms with van der Waals surface area (Å²) in [6, 6.07) is 5.75. The van der Waals surface area contributed by atoms with Crippen molar-refractivity contribution in [1.29, 1.82) is 0 Å². The first-order valence-corrected chi connectivity index (χ1v) is 9.63. The molecule has 0 aliphatic carbocycles. The van der Waals surface area contributed by atoms with Crippen LogP contribution in [0.5, 0.6) is 0 Å². The maximum Gasteiger partial charge on any atom is 0.305 e. The zero-order chi connectivity index (χ0) is 18.6. The second-order valence-electron chi connectivity index (χ2n) is 6.79. The molecule has 2 atom stereocenters. The molecule has 0 amide bonds. The molecule has 2 rings (SSSR count). The number of rotatable bonds is 8. The molecule has 1 aliphatic rings. The first-order valence-electron chi connectivity index (χ1n) is 9.63. The van der Waals surface area contributed by atoms with Crippen LogP contribution in [0.2, 0.25) is 0 Å². The molecular formula is C22H29NO3. The van der Waals surface area contributed by atoms with Gasteiger partial charge in [0.2, 0.25) is 0 Å². The Morgan fingerprint density at radius 2 is 2.27 bits per heavy atom. The number of nitrogens with zero attached hydrogens (tertiary/aromatic N) is 1. The molecule has 1 aliphatic heterocycles. The van der Waals surface area contributed by atoms with Gasteiger partial charge in [-0.3, -0.25) is 4.79 Å². The Morgan fingerprint density at radius 1 is 1.38 bits per heavy atom. The van der Waals surface area contributed by atoms with Crippen LogP contribution in [0.4, 0.5) is 0 Å². The molecule has 4 heteroatoms. The summed E-state index contributed by atoms with van der Waals surface area (Å²) in [5.41, 5.74) is 1.62. The summed E-state index contributed by atoms with van der Waals surface area (Å²) in [5.74, 6) is 6.04. The van der Waals surface area contributed by atoms with E-state index in [0.29, 0.717) is 31.1 Å². The Hall–Kier alpha value is -2.12. The number of carbonyl (C=O) groups excluding carboxylic acids is 1. The highest BCUT2D eigenvalue weighted by atomic mass is 16.5. The fourth-order valence-electron chi connectivity index (χ4n) is 2.88. The zero-order valence-electron chi connectivity index (χ0n) is 15.6. The Labute approximate surface area is 156 Å². The number of esters is 1. The number of hydrogen-bond acceptors (Lipinski definition) is 4. The van der Waals surface area contributed by atoms with Crippen LogP contribution in [0.15, 0.2) is 30.4 Å². The maximum atomic E-state index is 11.1. The minimum Gasteiger partial charge on any atom is -0.465 e. The molecule has 1 N–H and O–H groups in total. The Balaban J connectivity index is 1.80. The summed E-state index contributed by atoms with van der Waals surface area (Å²) in [6.07, 6.45) is 10.9. The van der Waals surface area contributed by atoms with E-state index in [1.165, 1.54) is 19.3 Å². The maximum absolute atomic E-state index is 11.1. The molecule has 0 bridgehead atoms. The first kappa shape index (κ1) is 20.2. The van der Waals surface area contributed by atoms with Gasteiger partial charge in [0.05, 0.1) is 6.61 Å². The van der Waals surface area contributed by atoms with E-state index in [9.17, 15) is 9.90 Å². The number of unbranched alkanes of at least 4 members (excludes halogenated alkanes) is 3. The fraction of sp³-hybridized carbons (Fsp3) is 0.545. The van der Waals surface area contributed by atoms with Crippen LogP contribution in [0.25, 0.3) is 0 Å². The molecule has 1 saturated heterocycles. The number of ether oxygens (including phenoxy) is 1. The van der Waals surface area contributed by atoms with E-state index >= 15 is 0 Å². The number of carbonyl (C=O) groups is 1. The van der Waals surface area contributed by atoms with Crippen LogP contribution in [-0.2, 0) is 16.0 Å². The quantitative estimate of drug-likeness (QED) is 0.333. The van der Waals surface area contributed by atoms with Crippen molar-refractivity contribution in [3.63, 3.8) is 0 Å². The predicted octanol–water partition coefficient (Wildman–Crippen LogP) is 3.82. The normalized spacial score (nSPS) is 18.2. The molecule has 1 aromatic heterocycles. The molecular weight excluding hydrogens is 326 g/mol. The SMILES string of the molecule is CCCCCC=CCC(O)C#Cc1cccc(CC2CCC(=O)OC2)n1. The number of cyclic esters (lactones) is 1. The number of aliphatic hydroxyl groups excluding tert-OH is 1. The monoisotopic (exact) mass is 355 g/mol. The summed E-state index contributed by atoms with van der Waals surface area (Å²) < 4.78 is 5.11. The molecule has 140 valence electrons.